The second-order valence-corrected chi connectivity index (χ2v) is 8.64. The largest absolute Gasteiger partial charge is 0.480 e. The maximum atomic E-state index is 13.4. The number of hydrogen-bond acceptors (Lipinski definition) is 1. The van der Waals surface area contributed by atoms with Crippen molar-refractivity contribution in [2.45, 2.75) is 66.2 Å². The molecule has 1 N–H and O–H groups in total. The van der Waals surface area contributed by atoms with Gasteiger partial charge in [-0.25, -0.2) is 0 Å². The van der Waals surface area contributed by atoms with E-state index < -0.39 is 16.8 Å². The maximum Gasteiger partial charge on any atom is 0.319 e. The Bertz CT molecular complexity index is 995. The number of allylic oxidation sites excluding steroid dienone is 3. The molecule has 2 aromatic carbocycles. The number of carboxylic acid groups (broad SMARTS) is 1. The molecule has 0 spiro atoms. The zero-order valence-electron chi connectivity index (χ0n) is 19.2. The highest BCUT2D eigenvalue weighted by Gasteiger charge is 2.60. The summed E-state index contributed by atoms with van der Waals surface area (Å²) in [5.74, 6) is -0.751. The smallest absolute Gasteiger partial charge is 0.319 e. The summed E-state index contributed by atoms with van der Waals surface area (Å²) in [7, 11) is 0. The first-order chi connectivity index (χ1) is 14.3. The van der Waals surface area contributed by atoms with Crippen LogP contribution in [0.1, 0.15) is 70.6 Å². The molecule has 0 saturated carbocycles. The van der Waals surface area contributed by atoms with Crippen molar-refractivity contribution in [2.75, 3.05) is 0 Å². The average molecular weight is 403 g/mol. The van der Waals surface area contributed by atoms with Crippen LogP contribution in [0.15, 0.2) is 71.3 Å². The first kappa shape index (κ1) is 22.1. The highest BCUT2D eigenvalue weighted by Crippen LogP contribution is 2.62. The standard InChI is InChI=1S/C28H34O2/c1-7-23-20(5)25(21-13-11-10-12-14-21)27(6,9-3)28(26(29)30,24(23)8-2)22-17-15-19(4)16-18-22/h10-18H,7-9H2,1-6H3,(H,29,30). The fourth-order valence-corrected chi connectivity index (χ4v) is 5.86. The van der Waals surface area contributed by atoms with Gasteiger partial charge in [0.15, 0.2) is 0 Å². The van der Waals surface area contributed by atoms with Crippen LogP contribution in [0.25, 0.3) is 5.57 Å². The molecule has 2 unspecified atom stereocenters. The fourth-order valence-electron chi connectivity index (χ4n) is 5.86. The third kappa shape index (κ3) is 2.96. The quantitative estimate of drug-likeness (QED) is 0.549. The molecule has 158 valence electrons. The topological polar surface area (TPSA) is 37.3 Å². The Kier molecular flexibility index (Phi) is 6.08. The summed E-state index contributed by atoms with van der Waals surface area (Å²) < 4.78 is 0. The van der Waals surface area contributed by atoms with E-state index in [1.54, 1.807) is 0 Å². The molecular weight excluding hydrogens is 368 g/mol. The zero-order chi connectivity index (χ0) is 22.1. The predicted molar refractivity (Wildman–Crippen MR) is 126 cm³/mol. The monoisotopic (exact) mass is 402 g/mol. The van der Waals surface area contributed by atoms with Crippen LogP contribution in [0.5, 0.6) is 0 Å². The Labute approximate surface area is 181 Å². The van der Waals surface area contributed by atoms with Crippen LogP contribution in [0.3, 0.4) is 0 Å². The number of aliphatic carboxylic acids is 1. The minimum atomic E-state index is -1.10. The Morgan fingerprint density at radius 1 is 0.900 bits per heavy atom. The number of carbonyl (C=O) groups is 1. The third-order valence-corrected chi connectivity index (χ3v) is 7.31. The number of hydrogen-bond donors (Lipinski definition) is 1. The Morgan fingerprint density at radius 3 is 1.97 bits per heavy atom. The average Bonchev–Trinajstić information content (AvgIpc) is 2.74. The van der Waals surface area contributed by atoms with Gasteiger partial charge in [-0.3, -0.25) is 4.79 Å². The lowest BCUT2D eigenvalue weighted by Gasteiger charge is -2.53. The molecule has 0 heterocycles. The third-order valence-electron chi connectivity index (χ3n) is 7.31. The van der Waals surface area contributed by atoms with Gasteiger partial charge in [0, 0.05) is 5.41 Å². The van der Waals surface area contributed by atoms with E-state index in [9.17, 15) is 9.90 Å². The highest BCUT2D eigenvalue weighted by atomic mass is 16.4. The molecule has 30 heavy (non-hydrogen) atoms. The van der Waals surface area contributed by atoms with Crippen molar-refractivity contribution < 1.29 is 9.90 Å². The van der Waals surface area contributed by atoms with Crippen LogP contribution in [-0.4, -0.2) is 11.1 Å². The highest BCUT2D eigenvalue weighted by molar-refractivity contribution is 5.95. The second-order valence-electron chi connectivity index (χ2n) is 8.64. The molecule has 1 aliphatic carbocycles. The van der Waals surface area contributed by atoms with Crippen molar-refractivity contribution in [1.29, 1.82) is 0 Å². The number of rotatable bonds is 6. The summed E-state index contributed by atoms with van der Waals surface area (Å²) in [5.41, 5.74) is 6.14. The number of aryl methyl sites for hydroxylation is 1. The molecular formula is C28H34O2. The second kappa shape index (κ2) is 8.26. The Balaban J connectivity index is 2.53. The van der Waals surface area contributed by atoms with Gasteiger partial charge in [-0.2, -0.15) is 0 Å². The molecule has 2 aromatic rings. The maximum absolute atomic E-state index is 13.4. The molecule has 2 nitrogen and oxygen atoms in total. The lowest BCUT2D eigenvalue weighted by atomic mass is 9.48. The molecule has 0 bridgehead atoms. The van der Waals surface area contributed by atoms with Crippen LogP contribution in [-0.2, 0) is 10.2 Å². The van der Waals surface area contributed by atoms with E-state index >= 15 is 0 Å². The molecule has 0 saturated heterocycles. The minimum Gasteiger partial charge on any atom is -0.480 e. The van der Waals surface area contributed by atoms with Crippen molar-refractivity contribution in [1.82, 2.24) is 0 Å². The van der Waals surface area contributed by atoms with E-state index in [0.29, 0.717) is 0 Å². The van der Waals surface area contributed by atoms with Gasteiger partial charge in [0.25, 0.3) is 0 Å². The molecule has 2 heteroatoms. The summed E-state index contributed by atoms with van der Waals surface area (Å²) in [4.78, 5) is 13.4. The van der Waals surface area contributed by atoms with Crippen molar-refractivity contribution in [2.24, 2.45) is 5.41 Å². The molecule has 0 fully saturated rings. The molecule has 0 radical (unpaired) electrons. The van der Waals surface area contributed by atoms with Crippen LogP contribution >= 0.6 is 0 Å². The first-order valence-corrected chi connectivity index (χ1v) is 11.1. The van der Waals surface area contributed by atoms with Crippen LogP contribution in [0.4, 0.5) is 0 Å². The van der Waals surface area contributed by atoms with E-state index in [-0.39, 0.29) is 0 Å². The van der Waals surface area contributed by atoms with Crippen molar-refractivity contribution in [3.05, 3.63) is 88.0 Å². The van der Waals surface area contributed by atoms with Gasteiger partial charge in [-0.15, -0.1) is 0 Å². The summed E-state index contributed by atoms with van der Waals surface area (Å²) in [5, 5.41) is 11.0. The van der Waals surface area contributed by atoms with Crippen molar-refractivity contribution in [3.8, 4) is 0 Å². The first-order valence-electron chi connectivity index (χ1n) is 11.1. The van der Waals surface area contributed by atoms with Gasteiger partial charge in [-0.1, -0.05) is 87.9 Å². The van der Waals surface area contributed by atoms with Crippen LogP contribution in [0, 0.1) is 12.3 Å². The van der Waals surface area contributed by atoms with E-state index in [4.69, 9.17) is 0 Å². The van der Waals surface area contributed by atoms with Gasteiger partial charge in [0.05, 0.1) is 0 Å². The summed E-state index contributed by atoms with van der Waals surface area (Å²) >= 11 is 0. The molecule has 1 aliphatic rings. The molecule has 0 amide bonds. The summed E-state index contributed by atoms with van der Waals surface area (Å²) in [6.45, 7) is 12.8. The normalized spacial score (nSPS) is 24.3. The van der Waals surface area contributed by atoms with E-state index in [2.05, 4.69) is 46.8 Å². The van der Waals surface area contributed by atoms with E-state index in [0.717, 1.165) is 41.5 Å². The zero-order valence-corrected chi connectivity index (χ0v) is 19.2. The summed E-state index contributed by atoms with van der Waals surface area (Å²) in [6.07, 6.45) is 2.28. The van der Waals surface area contributed by atoms with Crippen LogP contribution in [0.2, 0.25) is 0 Å². The Hall–Kier alpha value is -2.61. The van der Waals surface area contributed by atoms with Gasteiger partial charge >= 0.3 is 5.97 Å². The lowest BCUT2D eigenvalue weighted by molar-refractivity contribution is -0.146. The number of benzene rings is 2. The number of carboxylic acids is 1. The van der Waals surface area contributed by atoms with Gasteiger partial charge in [0.2, 0.25) is 0 Å². The lowest BCUT2D eigenvalue weighted by Crippen LogP contribution is -2.54. The predicted octanol–water partition coefficient (Wildman–Crippen LogP) is 7.34. The van der Waals surface area contributed by atoms with Crippen molar-refractivity contribution in [3.63, 3.8) is 0 Å². The molecule has 3 rings (SSSR count). The van der Waals surface area contributed by atoms with Crippen molar-refractivity contribution >= 4 is 11.5 Å². The molecule has 2 atom stereocenters. The Morgan fingerprint density at radius 2 is 1.50 bits per heavy atom. The van der Waals surface area contributed by atoms with Gasteiger partial charge < -0.3 is 5.11 Å². The molecule has 0 aliphatic heterocycles. The van der Waals surface area contributed by atoms with E-state index in [1.807, 2.05) is 49.4 Å². The van der Waals surface area contributed by atoms with Gasteiger partial charge in [0.1, 0.15) is 5.41 Å². The summed E-state index contributed by atoms with van der Waals surface area (Å²) in [6, 6.07) is 18.5. The van der Waals surface area contributed by atoms with E-state index in [1.165, 1.54) is 16.7 Å². The minimum absolute atomic E-state index is 0.580. The SMILES string of the molecule is CCC1=C(CC)C(C(=O)O)(c2ccc(C)cc2)C(C)(CC)C(c2ccccc2)=C1C. The van der Waals surface area contributed by atoms with Gasteiger partial charge in [-0.05, 0) is 66.5 Å². The fraction of sp³-hybridized carbons (Fsp3) is 0.393. The molecule has 0 aromatic heterocycles. The van der Waals surface area contributed by atoms with Crippen LogP contribution < -0.4 is 0 Å².